The third-order valence-corrected chi connectivity index (χ3v) is 2.25. The summed E-state index contributed by atoms with van der Waals surface area (Å²) in [4.78, 5) is 0. The first-order valence-corrected chi connectivity index (χ1v) is 4.27. The summed E-state index contributed by atoms with van der Waals surface area (Å²) in [6.45, 7) is 3.27. The summed E-state index contributed by atoms with van der Waals surface area (Å²) in [5, 5.41) is 2.83. The van der Waals surface area contributed by atoms with Crippen molar-refractivity contribution in [3.63, 3.8) is 0 Å². The van der Waals surface area contributed by atoms with E-state index >= 15 is 0 Å². The lowest BCUT2D eigenvalue weighted by Crippen LogP contribution is -2.30. The minimum atomic E-state index is 1.08. The summed E-state index contributed by atoms with van der Waals surface area (Å²) in [5.74, 6) is 0. The summed E-state index contributed by atoms with van der Waals surface area (Å²) in [6, 6.07) is 2.20. The third-order valence-electron chi connectivity index (χ3n) is 2.25. The molecule has 1 heterocycles. The molecule has 1 aromatic heterocycles. The van der Waals surface area contributed by atoms with Gasteiger partial charge in [-0.15, -0.1) is 0 Å². The molecule has 0 spiro atoms. The van der Waals surface area contributed by atoms with Gasteiger partial charge in [0.25, 0.3) is 0 Å². The molecule has 0 atom stereocenters. The van der Waals surface area contributed by atoms with Gasteiger partial charge in [-0.1, -0.05) is 12.2 Å². The van der Waals surface area contributed by atoms with Gasteiger partial charge < -0.3 is 4.57 Å². The van der Waals surface area contributed by atoms with Crippen molar-refractivity contribution >= 4 is 12.2 Å². The smallest absolute Gasteiger partial charge is 0.0436 e. The Morgan fingerprint density at radius 2 is 2.18 bits per heavy atom. The molecule has 0 saturated carbocycles. The predicted molar refractivity (Wildman–Crippen MR) is 47.5 cm³/mol. The van der Waals surface area contributed by atoms with Crippen molar-refractivity contribution in [3.8, 4) is 0 Å². The molecule has 0 fully saturated rings. The highest BCUT2D eigenvalue weighted by Crippen LogP contribution is 1.94. The Morgan fingerprint density at radius 3 is 3.00 bits per heavy atom. The SMILES string of the molecule is CCn1ccc2c1=CCCC=2. The van der Waals surface area contributed by atoms with Gasteiger partial charge in [-0.2, -0.15) is 0 Å². The standard InChI is InChI=1S/C10H13N/c1-2-11-8-7-9-5-3-4-6-10(9)11/h5-8H,2-4H2,1H3. The number of rotatable bonds is 1. The van der Waals surface area contributed by atoms with Crippen LogP contribution in [0.1, 0.15) is 19.8 Å². The van der Waals surface area contributed by atoms with Gasteiger partial charge in [0.15, 0.2) is 0 Å². The molecule has 0 unspecified atom stereocenters. The fraction of sp³-hybridized carbons (Fsp3) is 0.400. The molecule has 58 valence electrons. The topological polar surface area (TPSA) is 4.93 Å². The van der Waals surface area contributed by atoms with Crippen LogP contribution >= 0.6 is 0 Å². The second-order valence-corrected chi connectivity index (χ2v) is 2.93. The van der Waals surface area contributed by atoms with Crippen LogP contribution in [0.25, 0.3) is 12.2 Å². The number of aryl methyl sites for hydroxylation is 1. The van der Waals surface area contributed by atoms with Crippen LogP contribution in [0, 0.1) is 0 Å². The molecule has 1 nitrogen and oxygen atoms in total. The third kappa shape index (κ3) is 1.01. The summed E-state index contributed by atoms with van der Waals surface area (Å²) in [7, 11) is 0. The quantitative estimate of drug-likeness (QED) is 0.555. The number of nitrogens with zero attached hydrogens (tertiary/aromatic N) is 1. The second-order valence-electron chi connectivity index (χ2n) is 2.93. The van der Waals surface area contributed by atoms with E-state index < -0.39 is 0 Å². The first kappa shape index (κ1) is 6.71. The van der Waals surface area contributed by atoms with E-state index in [1.165, 1.54) is 23.4 Å². The predicted octanol–water partition coefficient (Wildman–Crippen LogP) is 0.863. The van der Waals surface area contributed by atoms with Gasteiger partial charge in [-0.3, -0.25) is 0 Å². The number of hydrogen-bond donors (Lipinski definition) is 0. The lowest BCUT2D eigenvalue weighted by molar-refractivity contribution is 0.740. The number of aromatic nitrogens is 1. The van der Waals surface area contributed by atoms with Crippen molar-refractivity contribution in [3.05, 3.63) is 22.8 Å². The van der Waals surface area contributed by atoms with Crippen molar-refractivity contribution < 1.29 is 0 Å². The lowest BCUT2D eigenvalue weighted by Gasteiger charge is -1.99. The van der Waals surface area contributed by atoms with Crippen molar-refractivity contribution in [2.75, 3.05) is 0 Å². The highest BCUT2D eigenvalue weighted by molar-refractivity contribution is 5.36. The molecule has 1 aliphatic rings. The highest BCUT2D eigenvalue weighted by Gasteiger charge is 1.96. The van der Waals surface area contributed by atoms with Crippen LogP contribution in [0.15, 0.2) is 12.3 Å². The van der Waals surface area contributed by atoms with Gasteiger partial charge in [0.1, 0.15) is 0 Å². The summed E-state index contributed by atoms with van der Waals surface area (Å²) in [6.07, 6.45) is 9.24. The van der Waals surface area contributed by atoms with Crippen molar-refractivity contribution in [2.24, 2.45) is 0 Å². The minimum absolute atomic E-state index is 1.08. The van der Waals surface area contributed by atoms with E-state index in [4.69, 9.17) is 0 Å². The molecule has 0 saturated heterocycles. The van der Waals surface area contributed by atoms with Gasteiger partial charge >= 0.3 is 0 Å². The Hall–Kier alpha value is -0.980. The lowest BCUT2D eigenvalue weighted by atomic mass is 10.2. The molecule has 1 aliphatic carbocycles. The summed E-state index contributed by atoms with van der Waals surface area (Å²) in [5.41, 5.74) is 0. The van der Waals surface area contributed by atoms with Crippen LogP contribution in [-0.4, -0.2) is 4.57 Å². The largest absolute Gasteiger partial charge is 0.348 e. The first-order valence-electron chi connectivity index (χ1n) is 4.27. The van der Waals surface area contributed by atoms with Gasteiger partial charge in [0.05, 0.1) is 0 Å². The van der Waals surface area contributed by atoms with Crippen LogP contribution in [0.2, 0.25) is 0 Å². The van der Waals surface area contributed by atoms with E-state index in [9.17, 15) is 0 Å². The molecule has 1 aromatic rings. The van der Waals surface area contributed by atoms with Crippen LogP contribution in [-0.2, 0) is 6.54 Å². The molecule has 0 N–H and O–H groups in total. The maximum absolute atomic E-state index is 2.33. The van der Waals surface area contributed by atoms with E-state index in [0.29, 0.717) is 0 Å². The fourth-order valence-electron chi connectivity index (χ4n) is 1.64. The Balaban J connectivity index is 2.73. The van der Waals surface area contributed by atoms with Crippen LogP contribution in [0.3, 0.4) is 0 Å². The van der Waals surface area contributed by atoms with E-state index in [-0.39, 0.29) is 0 Å². The summed E-state index contributed by atoms with van der Waals surface area (Å²) < 4.78 is 2.30. The molecule has 0 aliphatic heterocycles. The summed E-state index contributed by atoms with van der Waals surface area (Å²) >= 11 is 0. The molecule has 0 radical (unpaired) electrons. The zero-order valence-electron chi connectivity index (χ0n) is 6.88. The Morgan fingerprint density at radius 1 is 1.36 bits per heavy atom. The van der Waals surface area contributed by atoms with Crippen molar-refractivity contribution in [1.29, 1.82) is 0 Å². The fourth-order valence-corrected chi connectivity index (χ4v) is 1.64. The maximum atomic E-state index is 2.33. The molecule has 1 heteroatoms. The second kappa shape index (κ2) is 2.57. The van der Waals surface area contributed by atoms with Crippen LogP contribution in [0.4, 0.5) is 0 Å². The van der Waals surface area contributed by atoms with Gasteiger partial charge in [-0.25, -0.2) is 0 Å². The van der Waals surface area contributed by atoms with E-state index in [2.05, 4.69) is 35.9 Å². The molecule has 0 aromatic carbocycles. The molecule has 0 amide bonds. The monoisotopic (exact) mass is 147 g/mol. The molecule has 11 heavy (non-hydrogen) atoms. The molecule has 0 bridgehead atoms. The normalized spacial score (nSPS) is 15.0. The van der Waals surface area contributed by atoms with Crippen LogP contribution in [0.5, 0.6) is 0 Å². The Kier molecular flexibility index (Phi) is 1.57. The number of fused-ring (bicyclic) bond motifs is 1. The number of hydrogen-bond acceptors (Lipinski definition) is 0. The molecular formula is C10H13N. The average Bonchev–Trinajstić information content (AvgIpc) is 2.47. The minimum Gasteiger partial charge on any atom is -0.348 e. The van der Waals surface area contributed by atoms with Crippen LogP contribution < -0.4 is 10.6 Å². The Bertz CT molecular complexity index is 357. The first-order chi connectivity index (χ1) is 5.42. The van der Waals surface area contributed by atoms with Crippen molar-refractivity contribution in [1.82, 2.24) is 4.57 Å². The van der Waals surface area contributed by atoms with E-state index in [0.717, 1.165) is 6.54 Å². The van der Waals surface area contributed by atoms with E-state index in [1.807, 2.05) is 0 Å². The van der Waals surface area contributed by atoms with E-state index in [1.54, 1.807) is 0 Å². The average molecular weight is 147 g/mol. The maximum Gasteiger partial charge on any atom is 0.0436 e. The van der Waals surface area contributed by atoms with Gasteiger partial charge in [0.2, 0.25) is 0 Å². The zero-order chi connectivity index (χ0) is 7.68. The van der Waals surface area contributed by atoms with Crippen molar-refractivity contribution in [2.45, 2.75) is 26.3 Å². The van der Waals surface area contributed by atoms with Gasteiger partial charge in [-0.05, 0) is 31.1 Å². The molecule has 2 rings (SSSR count). The zero-order valence-corrected chi connectivity index (χ0v) is 6.88. The molecular weight excluding hydrogens is 134 g/mol. The Labute approximate surface area is 66.7 Å². The highest BCUT2D eigenvalue weighted by atomic mass is 14.9. The van der Waals surface area contributed by atoms with Gasteiger partial charge in [0, 0.05) is 18.1 Å².